The van der Waals surface area contributed by atoms with E-state index in [4.69, 9.17) is 0 Å². The molecule has 1 aromatic carbocycles. The number of nitrogens with zero attached hydrogens (tertiary/aromatic N) is 2. The molecule has 5 nitrogen and oxygen atoms in total. The Morgan fingerprint density at radius 3 is 2.38 bits per heavy atom. The minimum Gasteiger partial charge on any atom is -0.319 e. The molecule has 0 aliphatic heterocycles. The summed E-state index contributed by atoms with van der Waals surface area (Å²) >= 11 is 0. The average Bonchev–Trinajstić information content (AvgIpc) is 3.08. The summed E-state index contributed by atoms with van der Waals surface area (Å²) in [5.74, 6) is -1.27. The maximum absolute atomic E-state index is 13.0. The summed E-state index contributed by atoms with van der Waals surface area (Å²) in [6, 6.07) is 20.4. The minimum atomic E-state index is -0.683. The first-order valence-corrected chi connectivity index (χ1v) is 8.15. The quantitative estimate of drug-likeness (QED) is 0.453. The van der Waals surface area contributed by atoms with E-state index < -0.39 is 11.7 Å². The first-order chi connectivity index (χ1) is 12.7. The summed E-state index contributed by atoms with van der Waals surface area (Å²) in [5.41, 5.74) is 3.34. The van der Waals surface area contributed by atoms with E-state index in [1.165, 1.54) is 0 Å². The highest BCUT2D eigenvalue weighted by atomic mass is 16.2. The molecule has 1 N–H and O–H groups in total. The Labute approximate surface area is 149 Å². The minimum absolute atomic E-state index is 0.346. The van der Waals surface area contributed by atoms with Crippen molar-refractivity contribution in [2.45, 2.75) is 0 Å². The van der Waals surface area contributed by atoms with Crippen LogP contribution in [0.1, 0.15) is 10.5 Å². The lowest BCUT2D eigenvalue weighted by molar-refractivity contribution is -0.112. The number of carbonyl (C=O) groups is 2. The van der Waals surface area contributed by atoms with Crippen LogP contribution in [0.4, 0.5) is 5.69 Å². The highest BCUT2D eigenvalue weighted by Gasteiger charge is 2.24. The summed E-state index contributed by atoms with van der Waals surface area (Å²) in [6.45, 7) is 0. The van der Waals surface area contributed by atoms with Crippen molar-refractivity contribution in [2.24, 2.45) is 0 Å². The van der Waals surface area contributed by atoms with E-state index in [0.29, 0.717) is 11.4 Å². The van der Waals surface area contributed by atoms with Crippen molar-refractivity contribution in [3.63, 3.8) is 0 Å². The van der Waals surface area contributed by atoms with Gasteiger partial charge in [-0.25, -0.2) is 0 Å². The molecule has 26 heavy (non-hydrogen) atoms. The van der Waals surface area contributed by atoms with E-state index in [1.807, 2.05) is 54.6 Å². The van der Waals surface area contributed by atoms with Crippen LogP contribution in [-0.2, 0) is 4.79 Å². The Bertz CT molecular complexity index is 1090. The number of Topliss-reactive ketones (excluding diaryl/α,β-unsaturated/α-hetero) is 1. The van der Waals surface area contributed by atoms with Crippen LogP contribution >= 0.6 is 0 Å². The maximum Gasteiger partial charge on any atom is 0.298 e. The number of nitrogens with one attached hydrogen (secondary N) is 1. The van der Waals surface area contributed by atoms with Crippen LogP contribution in [0.3, 0.4) is 0 Å². The fourth-order valence-electron chi connectivity index (χ4n) is 2.92. The van der Waals surface area contributed by atoms with Crippen LogP contribution in [0.2, 0.25) is 0 Å². The van der Waals surface area contributed by atoms with Gasteiger partial charge < -0.3 is 9.72 Å². The summed E-state index contributed by atoms with van der Waals surface area (Å²) in [4.78, 5) is 29.4. The van der Waals surface area contributed by atoms with Gasteiger partial charge in [0.25, 0.3) is 11.7 Å². The van der Waals surface area contributed by atoms with E-state index in [-0.39, 0.29) is 0 Å². The number of hydrogen-bond acceptors (Lipinski definition) is 3. The molecule has 0 aliphatic rings. The monoisotopic (exact) mass is 341 g/mol. The number of ketones is 1. The second kappa shape index (κ2) is 6.64. The van der Waals surface area contributed by atoms with Crippen LogP contribution in [0.25, 0.3) is 16.6 Å². The number of amides is 1. The van der Waals surface area contributed by atoms with Gasteiger partial charge in [-0.05, 0) is 35.9 Å². The molecule has 1 amide bonds. The number of aromatic nitrogens is 2. The normalized spacial score (nSPS) is 10.6. The Hall–Kier alpha value is -3.73. The van der Waals surface area contributed by atoms with Crippen molar-refractivity contribution in [2.75, 3.05) is 5.32 Å². The zero-order chi connectivity index (χ0) is 17.9. The molecule has 0 saturated heterocycles. The second-order valence-electron chi connectivity index (χ2n) is 5.79. The maximum atomic E-state index is 13.0. The number of anilines is 1. The fraction of sp³-hybridized carbons (Fsp3) is 0. The van der Waals surface area contributed by atoms with E-state index in [1.54, 1.807) is 35.1 Å². The van der Waals surface area contributed by atoms with Crippen molar-refractivity contribution < 1.29 is 9.59 Å². The van der Waals surface area contributed by atoms with Gasteiger partial charge in [-0.15, -0.1) is 0 Å². The lowest BCUT2D eigenvalue weighted by Gasteiger charge is -2.07. The van der Waals surface area contributed by atoms with Gasteiger partial charge >= 0.3 is 0 Å². The molecule has 3 heterocycles. The highest BCUT2D eigenvalue weighted by molar-refractivity contribution is 6.47. The molecule has 0 fully saturated rings. The first kappa shape index (κ1) is 15.8. The van der Waals surface area contributed by atoms with Crippen LogP contribution < -0.4 is 5.32 Å². The largest absolute Gasteiger partial charge is 0.319 e. The molecule has 0 atom stereocenters. The predicted octanol–water partition coefficient (Wildman–Crippen LogP) is 3.82. The molecule has 0 saturated carbocycles. The van der Waals surface area contributed by atoms with Gasteiger partial charge in [0.2, 0.25) is 0 Å². The third kappa shape index (κ3) is 2.86. The van der Waals surface area contributed by atoms with Gasteiger partial charge in [-0.2, -0.15) is 0 Å². The summed E-state index contributed by atoms with van der Waals surface area (Å²) in [5, 5.41) is 2.63. The first-order valence-electron chi connectivity index (χ1n) is 8.15. The van der Waals surface area contributed by atoms with Crippen molar-refractivity contribution in [1.29, 1.82) is 0 Å². The van der Waals surface area contributed by atoms with Crippen LogP contribution in [0, 0.1) is 0 Å². The van der Waals surface area contributed by atoms with Crippen LogP contribution in [0.15, 0.2) is 85.3 Å². The molecular formula is C21H15N3O2. The van der Waals surface area contributed by atoms with E-state index in [0.717, 1.165) is 16.6 Å². The molecule has 0 aliphatic carbocycles. The summed E-state index contributed by atoms with van der Waals surface area (Å²) < 4.78 is 1.75. The predicted molar refractivity (Wildman–Crippen MR) is 100 cm³/mol. The lowest BCUT2D eigenvalue weighted by atomic mass is 10.0. The summed E-state index contributed by atoms with van der Waals surface area (Å²) in [6.07, 6.45) is 4.90. The molecule has 0 unspecified atom stereocenters. The molecule has 5 heteroatoms. The Kier molecular flexibility index (Phi) is 4.03. The Morgan fingerprint density at radius 2 is 1.62 bits per heavy atom. The second-order valence-corrected chi connectivity index (χ2v) is 5.79. The van der Waals surface area contributed by atoms with E-state index in [9.17, 15) is 9.59 Å². The van der Waals surface area contributed by atoms with Crippen molar-refractivity contribution in [3.8, 4) is 11.1 Å². The molecule has 0 bridgehead atoms. The van der Waals surface area contributed by atoms with Gasteiger partial charge in [0.1, 0.15) is 5.69 Å². The molecule has 126 valence electrons. The smallest absolute Gasteiger partial charge is 0.298 e. The van der Waals surface area contributed by atoms with Gasteiger partial charge in [-0.3, -0.25) is 14.6 Å². The number of fused-ring (bicyclic) bond motifs is 1. The standard InChI is InChI=1S/C21H15N3O2/c25-20(21(26)23-16-9-11-22-12-10-16)19-18(15-6-2-1-3-7-15)14-17-8-4-5-13-24(17)19/h1-14H,(H,22,23,26). The molecule has 4 aromatic rings. The van der Waals surface area contributed by atoms with Crippen molar-refractivity contribution in [3.05, 3.63) is 91.0 Å². The summed E-state index contributed by atoms with van der Waals surface area (Å²) in [7, 11) is 0. The number of pyridine rings is 2. The number of rotatable bonds is 4. The van der Waals surface area contributed by atoms with Gasteiger partial charge in [0.15, 0.2) is 0 Å². The number of hydrogen-bond donors (Lipinski definition) is 1. The number of carbonyl (C=O) groups excluding carboxylic acids is 2. The zero-order valence-electron chi connectivity index (χ0n) is 13.8. The van der Waals surface area contributed by atoms with Gasteiger partial charge in [0.05, 0.1) is 0 Å². The Morgan fingerprint density at radius 1 is 0.885 bits per heavy atom. The van der Waals surface area contributed by atoms with Crippen molar-refractivity contribution in [1.82, 2.24) is 9.38 Å². The average molecular weight is 341 g/mol. The highest BCUT2D eigenvalue weighted by Crippen LogP contribution is 2.28. The topological polar surface area (TPSA) is 63.5 Å². The van der Waals surface area contributed by atoms with E-state index >= 15 is 0 Å². The fourth-order valence-corrected chi connectivity index (χ4v) is 2.92. The molecule has 3 aromatic heterocycles. The zero-order valence-corrected chi connectivity index (χ0v) is 13.8. The number of benzene rings is 1. The lowest BCUT2D eigenvalue weighted by Crippen LogP contribution is -2.24. The molecule has 4 rings (SSSR count). The third-order valence-electron chi connectivity index (χ3n) is 4.12. The molecule has 0 radical (unpaired) electrons. The van der Waals surface area contributed by atoms with Crippen LogP contribution in [0.5, 0.6) is 0 Å². The van der Waals surface area contributed by atoms with E-state index in [2.05, 4.69) is 10.3 Å². The molecular weight excluding hydrogens is 326 g/mol. The van der Waals surface area contributed by atoms with Gasteiger partial charge in [-0.1, -0.05) is 36.4 Å². The Balaban J connectivity index is 1.79. The van der Waals surface area contributed by atoms with Crippen LogP contribution in [-0.4, -0.2) is 21.1 Å². The SMILES string of the molecule is O=C(Nc1ccncc1)C(=O)c1c(-c2ccccc2)cc2ccccn12. The van der Waals surface area contributed by atoms with Crippen molar-refractivity contribution >= 4 is 22.9 Å². The third-order valence-corrected chi connectivity index (χ3v) is 4.12. The molecule has 0 spiro atoms. The van der Waals surface area contributed by atoms with Gasteiger partial charge in [0, 0.05) is 35.4 Å².